The zero-order valence-electron chi connectivity index (χ0n) is 13.8. The number of hydrogen-bond donors (Lipinski definition) is 1. The van der Waals surface area contributed by atoms with Crippen LogP contribution in [0.5, 0.6) is 0 Å². The Morgan fingerprint density at radius 2 is 2.24 bits per heavy atom. The number of rotatable bonds is 4. The second-order valence-corrected chi connectivity index (χ2v) is 7.24. The minimum absolute atomic E-state index is 0.0673. The first-order valence-corrected chi connectivity index (χ1v) is 9.27. The molecule has 0 radical (unpaired) electrons. The van der Waals surface area contributed by atoms with Gasteiger partial charge in [0.1, 0.15) is 5.82 Å². The summed E-state index contributed by atoms with van der Waals surface area (Å²) < 4.78 is 6.63. The summed E-state index contributed by atoms with van der Waals surface area (Å²) in [5.74, 6) is 1.00. The highest BCUT2D eigenvalue weighted by Crippen LogP contribution is 2.25. The van der Waals surface area contributed by atoms with Crippen molar-refractivity contribution >= 4 is 27.3 Å². The summed E-state index contributed by atoms with van der Waals surface area (Å²) in [6.07, 6.45) is 3.86. The van der Waals surface area contributed by atoms with E-state index in [2.05, 4.69) is 15.3 Å². The summed E-state index contributed by atoms with van der Waals surface area (Å²) in [6, 6.07) is 11.8. The summed E-state index contributed by atoms with van der Waals surface area (Å²) in [6.45, 7) is 1.90. The van der Waals surface area contributed by atoms with Crippen molar-refractivity contribution in [2.45, 2.75) is 25.3 Å². The van der Waals surface area contributed by atoms with Crippen molar-refractivity contribution in [3.8, 4) is 0 Å². The number of ether oxygens (including phenoxy) is 1. The van der Waals surface area contributed by atoms with E-state index < -0.39 is 0 Å². The van der Waals surface area contributed by atoms with Gasteiger partial charge in [-0.05, 0) is 36.4 Å². The number of fused-ring (bicyclic) bond motifs is 1. The van der Waals surface area contributed by atoms with E-state index in [4.69, 9.17) is 4.74 Å². The van der Waals surface area contributed by atoms with Gasteiger partial charge in [0, 0.05) is 23.4 Å². The van der Waals surface area contributed by atoms with E-state index in [0.717, 1.165) is 45.9 Å². The Kier molecular flexibility index (Phi) is 4.72. The topological polar surface area (TPSA) is 64.1 Å². The van der Waals surface area contributed by atoms with Crippen molar-refractivity contribution in [1.29, 1.82) is 0 Å². The van der Waals surface area contributed by atoms with E-state index in [1.807, 2.05) is 36.4 Å². The van der Waals surface area contributed by atoms with Crippen LogP contribution in [0.25, 0.3) is 10.1 Å². The largest absolute Gasteiger partial charge is 0.381 e. The molecule has 1 aromatic carbocycles. The van der Waals surface area contributed by atoms with Crippen LogP contribution in [0.4, 0.5) is 0 Å². The Labute approximate surface area is 150 Å². The van der Waals surface area contributed by atoms with Gasteiger partial charge in [-0.15, -0.1) is 11.3 Å². The molecule has 0 unspecified atom stereocenters. The molecule has 1 amide bonds. The molecule has 0 spiro atoms. The fourth-order valence-corrected chi connectivity index (χ4v) is 3.98. The number of thiophene rings is 1. The van der Waals surface area contributed by atoms with Gasteiger partial charge in [-0.25, -0.2) is 9.97 Å². The van der Waals surface area contributed by atoms with Crippen LogP contribution < -0.4 is 5.32 Å². The van der Waals surface area contributed by atoms with Crippen LogP contribution in [0, 0.1) is 0 Å². The van der Waals surface area contributed by atoms with Crippen LogP contribution in [0.15, 0.2) is 42.6 Å². The van der Waals surface area contributed by atoms with Crippen LogP contribution >= 0.6 is 11.3 Å². The highest BCUT2D eigenvalue weighted by Gasteiger charge is 2.19. The molecule has 25 heavy (non-hydrogen) atoms. The van der Waals surface area contributed by atoms with Crippen LogP contribution in [0.2, 0.25) is 0 Å². The molecule has 1 atom stereocenters. The second kappa shape index (κ2) is 7.29. The van der Waals surface area contributed by atoms with Gasteiger partial charge in [0.05, 0.1) is 23.7 Å². The zero-order chi connectivity index (χ0) is 17.1. The lowest BCUT2D eigenvalue weighted by atomic mass is 10.0. The molecular weight excluding hydrogens is 334 g/mol. The van der Waals surface area contributed by atoms with Crippen molar-refractivity contribution < 1.29 is 9.53 Å². The Morgan fingerprint density at radius 1 is 1.32 bits per heavy atom. The predicted molar refractivity (Wildman–Crippen MR) is 97.8 cm³/mol. The maximum absolute atomic E-state index is 12.4. The number of benzene rings is 1. The smallest absolute Gasteiger partial charge is 0.261 e. The van der Waals surface area contributed by atoms with Gasteiger partial charge in [0.2, 0.25) is 0 Å². The number of aromatic nitrogens is 2. The Morgan fingerprint density at radius 3 is 3.08 bits per heavy atom. The van der Waals surface area contributed by atoms with Crippen molar-refractivity contribution in [3.63, 3.8) is 0 Å². The molecule has 1 aliphatic rings. The number of amides is 1. The minimum atomic E-state index is -0.0673. The van der Waals surface area contributed by atoms with Gasteiger partial charge in [-0.2, -0.15) is 0 Å². The first kappa shape index (κ1) is 16.2. The number of nitrogens with one attached hydrogen (secondary N) is 1. The van der Waals surface area contributed by atoms with Crippen molar-refractivity contribution in [2.24, 2.45) is 0 Å². The number of hydrogen-bond acceptors (Lipinski definition) is 5. The van der Waals surface area contributed by atoms with Gasteiger partial charge in [0.25, 0.3) is 5.91 Å². The highest BCUT2D eigenvalue weighted by atomic mass is 32.1. The third kappa shape index (κ3) is 3.70. The van der Waals surface area contributed by atoms with Gasteiger partial charge >= 0.3 is 0 Å². The lowest BCUT2D eigenvalue weighted by Crippen LogP contribution is -2.23. The normalized spacial score (nSPS) is 17.5. The Bertz CT molecular complexity index is 854. The standard InChI is InChI=1S/C19H19N3O2S/c23-19(17-10-13-4-1-2-6-16(13)25-17)21-11-15-7-8-20-18(22-15)14-5-3-9-24-12-14/h1-2,4,6-8,10,14H,3,5,9,11-12H2,(H,21,23)/t14-/m0/s1. The van der Waals surface area contributed by atoms with Gasteiger partial charge in [-0.1, -0.05) is 18.2 Å². The molecular formula is C19H19N3O2S. The van der Waals surface area contributed by atoms with Gasteiger partial charge in [0.15, 0.2) is 0 Å². The van der Waals surface area contributed by atoms with Crippen molar-refractivity contribution in [3.05, 3.63) is 59.0 Å². The van der Waals surface area contributed by atoms with E-state index in [1.54, 1.807) is 6.20 Å². The average Bonchev–Trinajstić information content (AvgIpc) is 3.11. The molecule has 1 fully saturated rings. The molecule has 6 heteroatoms. The summed E-state index contributed by atoms with van der Waals surface area (Å²) >= 11 is 1.51. The number of nitrogens with zero attached hydrogens (tertiary/aromatic N) is 2. The third-order valence-corrected chi connectivity index (χ3v) is 5.45. The van der Waals surface area contributed by atoms with E-state index in [9.17, 15) is 4.79 Å². The van der Waals surface area contributed by atoms with Crippen molar-refractivity contribution in [1.82, 2.24) is 15.3 Å². The molecule has 5 nitrogen and oxygen atoms in total. The molecule has 1 N–H and O–H groups in total. The summed E-state index contributed by atoms with van der Waals surface area (Å²) in [4.78, 5) is 22.1. The van der Waals surface area contributed by atoms with E-state index in [0.29, 0.717) is 13.2 Å². The molecule has 0 aliphatic carbocycles. The Hall–Kier alpha value is -2.31. The lowest BCUT2D eigenvalue weighted by Gasteiger charge is -2.20. The number of carbonyl (C=O) groups excluding carboxylic acids is 1. The zero-order valence-corrected chi connectivity index (χ0v) is 14.6. The first-order valence-electron chi connectivity index (χ1n) is 8.46. The van der Waals surface area contributed by atoms with Crippen LogP contribution in [-0.2, 0) is 11.3 Å². The molecule has 3 aromatic rings. The molecule has 2 aromatic heterocycles. The highest BCUT2D eigenvalue weighted by molar-refractivity contribution is 7.20. The molecule has 1 saturated heterocycles. The summed E-state index contributed by atoms with van der Waals surface area (Å²) in [7, 11) is 0. The SMILES string of the molecule is O=C(NCc1ccnc([C@H]2CCCOC2)n1)c1cc2ccccc2s1. The monoisotopic (exact) mass is 353 g/mol. The second-order valence-electron chi connectivity index (χ2n) is 6.15. The summed E-state index contributed by atoms with van der Waals surface area (Å²) in [5, 5.41) is 4.05. The van der Waals surface area contributed by atoms with Gasteiger partial charge < -0.3 is 10.1 Å². The molecule has 0 bridgehead atoms. The Balaban J connectivity index is 1.42. The predicted octanol–water partition coefficient (Wildman–Crippen LogP) is 3.52. The maximum Gasteiger partial charge on any atom is 0.261 e. The fraction of sp³-hybridized carbons (Fsp3) is 0.316. The van der Waals surface area contributed by atoms with Crippen molar-refractivity contribution in [2.75, 3.05) is 13.2 Å². The van der Waals surface area contributed by atoms with E-state index >= 15 is 0 Å². The van der Waals surface area contributed by atoms with E-state index in [-0.39, 0.29) is 11.8 Å². The van der Waals surface area contributed by atoms with E-state index in [1.165, 1.54) is 11.3 Å². The maximum atomic E-state index is 12.4. The average molecular weight is 353 g/mol. The molecule has 4 rings (SSSR count). The number of carbonyl (C=O) groups is 1. The molecule has 3 heterocycles. The van der Waals surface area contributed by atoms with Crippen LogP contribution in [0.3, 0.4) is 0 Å². The first-order chi connectivity index (χ1) is 12.3. The van der Waals surface area contributed by atoms with Gasteiger partial charge in [-0.3, -0.25) is 4.79 Å². The molecule has 0 saturated carbocycles. The quantitative estimate of drug-likeness (QED) is 0.779. The molecule has 128 valence electrons. The minimum Gasteiger partial charge on any atom is -0.381 e. The fourth-order valence-electron chi connectivity index (χ4n) is 3.00. The van der Waals surface area contributed by atoms with Crippen LogP contribution in [0.1, 0.15) is 39.9 Å². The summed E-state index contributed by atoms with van der Waals surface area (Å²) in [5.41, 5.74) is 0.824. The molecule has 1 aliphatic heterocycles. The third-order valence-electron chi connectivity index (χ3n) is 4.34. The lowest BCUT2D eigenvalue weighted by molar-refractivity contribution is 0.0779. The van der Waals surface area contributed by atoms with Crippen LogP contribution in [-0.4, -0.2) is 29.1 Å².